The number of halogens is 6. The van der Waals surface area contributed by atoms with Gasteiger partial charge in [-0.2, -0.15) is 13.2 Å². The highest BCUT2D eigenvalue weighted by atomic mass is 19.4. The van der Waals surface area contributed by atoms with Crippen molar-refractivity contribution in [1.82, 2.24) is 0 Å². The molecule has 0 fully saturated rings. The molecule has 1 atom stereocenters. The first-order valence-electron chi connectivity index (χ1n) is 2.43. The van der Waals surface area contributed by atoms with E-state index in [9.17, 15) is 26.3 Å². The molecular formula is C5H4F6. The van der Waals surface area contributed by atoms with E-state index in [1.54, 1.807) is 0 Å². The summed E-state index contributed by atoms with van der Waals surface area (Å²) in [5.74, 6) is 0. The van der Waals surface area contributed by atoms with Crippen LogP contribution in [-0.2, 0) is 0 Å². The Morgan fingerprint density at radius 2 is 1.45 bits per heavy atom. The van der Waals surface area contributed by atoms with Crippen LogP contribution < -0.4 is 0 Å². The first-order valence-corrected chi connectivity index (χ1v) is 2.43. The van der Waals surface area contributed by atoms with Crippen LogP contribution in [0.15, 0.2) is 12.7 Å². The first kappa shape index (κ1) is 10.3. The fourth-order valence-electron chi connectivity index (χ4n) is 0.329. The van der Waals surface area contributed by atoms with Gasteiger partial charge < -0.3 is 0 Å². The lowest BCUT2D eigenvalue weighted by Crippen LogP contribution is -2.45. The number of alkyl halides is 6. The molecule has 0 aromatic heterocycles. The van der Waals surface area contributed by atoms with E-state index < -0.39 is 24.3 Å². The van der Waals surface area contributed by atoms with Crippen LogP contribution in [0.1, 0.15) is 0 Å². The van der Waals surface area contributed by atoms with E-state index in [1.807, 2.05) is 0 Å². The summed E-state index contributed by atoms with van der Waals surface area (Å²) in [4.78, 5) is 0. The summed E-state index contributed by atoms with van der Waals surface area (Å²) in [5.41, 5.74) is -4.59. The normalized spacial score (nSPS) is 18.1. The molecule has 0 rings (SSSR count). The Morgan fingerprint density at radius 1 is 1.09 bits per heavy atom. The van der Waals surface area contributed by atoms with Crippen LogP contribution in [0.4, 0.5) is 26.3 Å². The predicted octanol–water partition coefficient (Wildman–Crippen LogP) is 2.71. The van der Waals surface area contributed by atoms with E-state index in [1.165, 1.54) is 0 Å². The molecule has 0 spiro atoms. The van der Waals surface area contributed by atoms with Gasteiger partial charge in [0.1, 0.15) is 0 Å². The van der Waals surface area contributed by atoms with Gasteiger partial charge >= 0.3 is 6.18 Å². The van der Waals surface area contributed by atoms with Gasteiger partial charge in [0, 0.05) is 0 Å². The molecule has 1 unspecified atom stereocenters. The van der Waals surface area contributed by atoms with Crippen molar-refractivity contribution >= 4 is 0 Å². The highest BCUT2D eigenvalue weighted by Crippen LogP contribution is 2.39. The molecule has 0 aliphatic carbocycles. The highest BCUT2D eigenvalue weighted by Gasteiger charge is 2.60. The molecule has 0 heterocycles. The Balaban J connectivity index is 4.75. The van der Waals surface area contributed by atoms with Crippen molar-refractivity contribution in [3.8, 4) is 0 Å². The molecule has 0 aromatic carbocycles. The van der Waals surface area contributed by atoms with Crippen molar-refractivity contribution < 1.29 is 26.3 Å². The monoisotopic (exact) mass is 178 g/mol. The van der Waals surface area contributed by atoms with Gasteiger partial charge in [-0.05, 0) is 6.08 Å². The first-order chi connectivity index (χ1) is 4.75. The molecular weight excluding hydrogens is 174 g/mol. The van der Waals surface area contributed by atoms with Crippen molar-refractivity contribution in [2.45, 2.75) is 18.3 Å². The summed E-state index contributed by atoms with van der Waals surface area (Å²) in [5, 5.41) is 0. The Bertz CT molecular complexity index is 148. The zero-order valence-electron chi connectivity index (χ0n) is 5.13. The molecule has 0 saturated heterocycles. The second kappa shape index (κ2) is 2.75. The molecule has 0 radical (unpaired) electrons. The van der Waals surface area contributed by atoms with Gasteiger partial charge in [0.05, 0.1) is 0 Å². The Hall–Kier alpha value is -0.680. The van der Waals surface area contributed by atoms with Crippen LogP contribution in [0.2, 0.25) is 0 Å². The molecule has 0 aliphatic rings. The average molecular weight is 178 g/mol. The van der Waals surface area contributed by atoms with E-state index in [-0.39, 0.29) is 0 Å². The lowest BCUT2D eigenvalue weighted by molar-refractivity contribution is -0.247. The minimum atomic E-state index is -5.61. The molecule has 6 heteroatoms. The Kier molecular flexibility index (Phi) is 2.58. The third-order valence-electron chi connectivity index (χ3n) is 1.05. The summed E-state index contributed by atoms with van der Waals surface area (Å²) in [7, 11) is 0. The summed E-state index contributed by atoms with van der Waals surface area (Å²) in [6.07, 6.45) is -10.2. The fourth-order valence-corrected chi connectivity index (χ4v) is 0.329. The zero-order chi connectivity index (χ0) is 9.28. The third kappa shape index (κ3) is 1.66. The highest BCUT2D eigenvalue weighted by molar-refractivity contribution is 5.04. The van der Waals surface area contributed by atoms with Gasteiger partial charge in [-0.15, -0.1) is 0 Å². The second-order valence-corrected chi connectivity index (χ2v) is 1.77. The molecule has 0 aliphatic heterocycles. The van der Waals surface area contributed by atoms with Gasteiger partial charge in [0.25, 0.3) is 12.1 Å². The quantitative estimate of drug-likeness (QED) is 0.450. The van der Waals surface area contributed by atoms with E-state index in [0.29, 0.717) is 0 Å². The molecule has 66 valence electrons. The summed E-state index contributed by atoms with van der Waals surface area (Å²) >= 11 is 0. The van der Waals surface area contributed by atoms with Crippen LogP contribution in [0.5, 0.6) is 0 Å². The lowest BCUT2D eigenvalue weighted by Gasteiger charge is -2.22. The van der Waals surface area contributed by atoms with E-state index in [2.05, 4.69) is 6.58 Å². The summed E-state index contributed by atoms with van der Waals surface area (Å²) in [6, 6.07) is 0. The molecule has 0 nitrogen and oxygen atoms in total. The molecule has 0 aromatic rings. The maximum atomic E-state index is 12.2. The van der Waals surface area contributed by atoms with Gasteiger partial charge in [-0.1, -0.05) is 6.58 Å². The van der Waals surface area contributed by atoms with Gasteiger partial charge in [-0.3, -0.25) is 0 Å². The van der Waals surface area contributed by atoms with E-state index in [0.717, 1.165) is 0 Å². The minimum absolute atomic E-state index is 0.447. The predicted molar refractivity (Wildman–Crippen MR) is 26.1 cm³/mol. The van der Waals surface area contributed by atoms with Gasteiger partial charge in [0.2, 0.25) is 0 Å². The number of allylic oxidation sites excluding steroid dienone is 1. The molecule has 11 heavy (non-hydrogen) atoms. The van der Waals surface area contributed by atoms with Gasteiger partial charge in [-0.25, -0.2) is 13.2 Å². The van der Waals surface area contributed by atoms with Crippen molar-refractivity contribution in [2.24, 2.45) is 0 Å². The van der Waals surface area contributed by atoms with Crippen molar-refractivity contribution in [3.05, 3.63) is 12.7 Å². The van der Waals surface area contributed by atoms with Gasteiger partial charge in [0.15, 0.2) is 0 Å². The van der Waals surface area contributed by atoms with E-state index in [4.69, 9.17) is 0 Å². The Morgan fingerprint density at radius 3 is 1.45 bits per heavy atom. The molecule has 0 N–H and O–H groups in total. The minimum Gasteiger partial charge on any atom is -0.223 e. The van der Waals surface area contributed by atoms with Crippen molar-refractivity contribution in [2.75, 3.05) is 0 Å². The standard InChI is InChI=1S/C5H4F6/c1-2-4(8,3(6)7)5(9,10)11/h2-3H,1H2. The van der Waals surface area contributed by atoms with E-state index >= 15 is 0 Å². The van der Waals surface area contributed by atoms with Crippen LogP contribution in [0.3, 0.4) is 0 Å². The second-order valence-electron chi connectivity index (χ2n) is 1.77. The number of hydrogen-bond donors (Lipinski definition) is 0. The average Bonchev–Trinajstić information content (AvgIpc) is 1.83. The van der Waals surface area contributed by atoms with Crippen LogP contribution in [-0.4, -0.2) is 18.3 Å². The van der Waals surface area contributed by atoms with Crippen molar-refractivity contribution in [3.63, 3.8) is 0 Å². The number of hydrogen-bond acceptors (Lipinski definition) is 0. The van der Waals surface area contributed by atoms with Crippen LogP contribution in [0.25, 0.3) is 0 Å². The lowest BCUT2D eigenvalue weighted by atomic mass is 10.1. The molecule has 0 amide bonds. The fraction of sp³-hybridized carbons (Fsp3) is 0.600. The topological polar surface area (TPSA) is 0 Å². The molecule has 0 bridgehead atoms. The van der Waals surface area contributed by atoms with Crippen molar-refractivity contribution in [1.29, 1.82) is 0 Å². The SMILES string of the molecule is C=CC(F)(C(F)F)C(F)(F)F. The summed E-state index contributed by atoms with van der Waals surface area (Å²) in [6.45, 7) is 2.35. The largest absolute Gasteiger partial charge is 0.431 e. The van der Waals surface area contributed by atoms with Crippen LogP contribution in [0, 0.1) is 0 Å². The zero-order valence-corrected chi connectivity index (χ0v) is 5.13. The molecule has 0 saturated carbocycles. The smallest absolute Gasteiger partial charge is 0.223 e. The maximum Gasteiger partial charge on any atom is 0.431 e. The number of rotatable bonds is 2. The van der Waals surface area contributed by atoms with Crippen LogP contribution >= 0.6 is 0 Å². The maximum absolute atomic E-state index is 12.2. The Labute approximate surface area is 58.5 Å². The summed E-state index contributed by atoms with van der Waals surface area (Å²) < 4.78 is 69.3. The third-order valence-corrected chi connectivity index (χ3v) is 1.05.